The summed E-state index contributed by atoms with van der Waals surface area (Å²) < 4.78 is 5.96. The Labute approximate surface area is 106 Å². The number of amides is 1. The highest BCUT2D eigenvalue weighted by Crippen LogP contribution is 2.19. The minimum atomic E-state index is -0.612. The van der Waals surface area contributed by atoms with E-state index in [4.69, 9.17) is 4.42 Å². The van der Waals surface area contributed by atoms with E-state index in [-0.39, 0.29) is 11.5 Å². The highest BCUT2D eigenvalue weighted by atomic mass is 79.9. The highest BCUT2D eigenvalue weighted by Gasteiger charge is 2.15. The van der Waals surface area contributed by atoms with Gasteiger partial charge in [-0.2, -0.15) is 0 Å². The molecule has 1 aromatic carbocycles. The fourth-order valence-corrected chi connectivity index (χ4v) is 1.86. The van der Waals surface area contributed by atoms with E-state index in [2.05, 4.69) is 15.9 Å². The highest BCUT2D eigenvalue weighted by molar-refractivity contribution is 9.10. The van der Waals surface area contributed by atoms with Crippen LogP contribution in [-0.4, -0.2) is 24.9 Å². The first kappa shape index (κ1) is 11.9. The predicted octanol–water partition coefficient (Wildman–Crippen LogP) is 2.26. The van der Waals surface area contributed by atoms with Gasteiger partial charge in [-0.3, -0.25) is 4.79 Å². The van der Waals surface area contributed by atoms with Crippen LogP contribution in [0, 0.1) is 0 Å². The third-order valence-corrected chi connectivity index (χ3v) is 2.82. The lowest BCUT2D eigenvalue weighted by atomic mass is 10.2. The van der Waals surface area contributed by atoms with Crippen LogP contribution in [0.15, 0.2) is 37.9 Å². The normalized spacial score (nSPS) is 10.5. The fraction of sp³-hybridized carbons (Fsp3) is 0.167. The van der Waals surface area contributed by atoms with Gasteiger partial charge >= 0.3 is 5.63 Å². The second kappa shape index (κ2) is 4.33. The lowest BCUT2D eigenvalue weighted by molar-refractivity contribution is 0.0823. The van der Waals surface area contributed by atoms with Crippen LogP contribution >= 0.6 is 15.9 Å². The van der Waals surface area contributed by atoms with Crippen LogP contribution in [0.2, 0.25) is 0 Å². The van der Waals surface area contributed by atoms with Crippen molar-refractivity contribution < 1.29 is 9.21 Å². The predicted molar refractivity (Wildman–Crippen MR) is 68.2 cm³/mol. The number of fused-ring (bicyclic) bond motifs is 1. The summed E-state index contributed by atoms with van der Waals surface area (Å²) in [5, 5.41) is 0.712. The monoisotopic (exact) mass is 295 g/mol. The number of nitrogens with zero attached hydrogens (tertiary/aromatic N) is 1. The smallest absolute Gasteiger partial charge is 0.349 e. The largest absolute Gasteiger partial charge is 0.422 e. The van der Waals surface area contributed by atoms with Gasteiger partial charge in [0, 0.05) is 24.0 Å². The molecule has 0 fully saturated rings. The third kappa shape index (κ3) is 2.24. The molecule has 0 bridgehead atoms. The fourth-order valence-electron chi connectivity index (χ4n) is 1.48. The molecule has 0 radical (unpaired) electrons. The number of hydrogen-bond acceptors (Lipinski definition) is 3. The Morgan fingerprint density at radius 3 is 2.65 bits per heavy atom. The van der Waals surface area contributed by atoms with Crippen molar-refractivity contribution in [3.63, 3.8) is 0 Å². The molecule has 0 aliphatic rings. The van der Waals surface area contributed by atoms with Crippen LogP contribution < -0.4 is 5.63 Å². The van der Waals surface area contributed by atoms with E-state index in [9.17, 15) is 9.59 Å². The van der Waals surface area contributed by atoms with E-state index in [0.717, 1.165) is 4.47 Å². The molecule has 2 aromatic rings. The first-order valence-corrected chi connectivity index (χ1v) is 5.73. The zero-order chi connectivity index (χ0) is 12.6. The lowest BCUT2D eigenvalue weighted by Gasteiger charge is -2.09. The van der Waals surface area contributed by atoms with Gasteiger partial charge in [-0.05, 0) is 24.3 Å². The third-order valence-electron chi connectivity index (χ3n) is 2.33. The Morgan fingerprint density at radius 2 is 2.00 bits per heavy atom. The molecule has 1 amide bonds. The van der Waals surface area contributed by atoms with Crippen LogP contribution in [0.5, 0.6) is 0 Å². The molecule has 0 saturated carbocycles. The van der Waals surface area contributed by atoms with Crippen molar-refractivity contribution in [2.75, 3.05) is 14.1 Å². The number of rotatable bonds is 1. The van der Waals surface area contributed by atoms with Gasteiger partial charge in [0.1, 0.15) is 11.1 Å². The number of carbonyl (C=O) groups is 1. The van der Waals surface area contributed by atoms with Crippen molar-refractivity contribution in [1.29, 1.82) is 0 Å². The molecular weight excluding hydrogens is 286 g/mol. The molecule has 2 rings (SSSR count). The number of hydrogen-bond donors (Lipinski definition) is 0. The van der Waals surface area contributed by atoms with Crippen molar-refractivity contribution in [2.24, 2.45) is 0 Å². The molecule has 4 nitrogen and oxygen atoms in total. The van der Waals surface area contributed by atoms with Gasteiger partial charge in [0.2, 0.25) is 0 Å². The first-order chi connectivity index (χ1) is 7.99. The Morgan fingerprint density at radius 1 is 1.29 bits per heavy atom. The summed E-state index contributed by atoms with van der Waals surface area (Å²) in [5.74, 6) is -0.361. The van der Waals surface area contributed by atoms with Crippen molar-refractivity contribution in [3.8, 4) is 0 Å². The second-order valence-electron chi connectivity index (χ2n) is 3.83. The summed E-state index contributed by atoms with van der Waals surface area (Å²) in [6.07, 6.45) is 0. The summed E-state index contributed by atoms with van der Waals surface area (Å²) in [5.41, 5.74) is -0.104. The lowest BCUT2D eigenvalue weighted by Crippen LogP contribution is -2.27. The summed E-state index contributed by atoms with van der Waals surface area (Å²) >= 11 is 3.33. The van der Waals surface area contributed by atoms with Crippen molar-refractivity contribution in [3.05, 3.63) is 44.7 Å². The van der Waals surface area contributed by atoms with Gasteiger partial charge in [-0.25, -0.2) is 4.79 Å². The second-order valence-corrected chi connectivity index (χ2v) is 4.74. The maximum absolute atomic E-state index is 11.7. The molecule has 0 saturated heterocycles. The molecule has 0 unspecified atom stereocenters. The van der Waals surface area contributed by atoms with Crippen LogP contribution in [-0.2, 0) is 0 Å². The summed E-state index contributed by atoms with van der Waals surface area (Å²) in [4.78, 5) is 24.7. The van der Waals surface area contributed by atoms with E-state index in [0.29, 0.717) is 11.0 Å². The SMILES string of the molecule is CN(C)C(=O)c1cc2cc(Br)ccc2oc1=O. The van der Waals surface area contributed by atoms with Crippen molar-refractivity contribution in [1.82, 2.24) is 4.90 Å². The summed E-state index contributed by atoms with van der Waals surface area (Å²) in [6, 6.07) is 6.81. The topological polar surface area (TPSA) is 50.5 Å². The zero-order valence-corrected chi connectivity index (χ0v) is 10.9. The minimum Gasteiger partial charge on any atom is -0.422 e. The molecule has 0 atom stereocenters. The molecule has 0 aliphatic carbocycles. The summed E-state index contributed by atoms with van der Waals surface area (Å²) in [7, 11) is 3.18. The zero-order valence-electron chi connectivity index (χ0n) is 9.36. The molecule has 5 heteroatoms. The quantitative estimate of drug-likeness (QED) is 0.758. The average molecular weight is 296 g/mol. The van der Waals surface area contributed by atoms with E-state index < -0.39 is 5.63 Å². The average Bonchev–Trinajstić information content (AvgIpc) is 2.27. The maximum Gasteiger partial charge on any atom is 0.349 e. The van der Waals surface area contributed by atoms with E-state index >= 15 is 0 Å². The number of halogens is 1. The molecule has 1 aromatic heterocycles. The Bertz CT molecular complexity index is 646. The van der Waals surface area contributed by atoms with Crippen molar-refractivity contribution >= 4 is 32.8 Å². The molecule has 0 N–H and O–H groups in total. The molecule has 1 heterocycles. The summed E-state index contributed by atoms with van der Waals surface area (Å²) in [6.45, 7) is 0. The standard InChI is InChI=1S/C12H10BrNO3/c1-14(2)11(15)9-6-7-5-8(13)3-4-10(7)17-12(9)16/h3-6H,1-2H3. The van der Waals surface area contributed by atoms with Gasteiger partial charge in [-0.1, -0.05) is 15.9 Å². The van der Waals surface area contributed by atoms with E-state index in [1.807, 2.05) is 0 Å². The van der Waals surface area contributed by atoms with Crippen LogP contribution in [0.4, 0.5) is 0 Å². The first-order valence-electron chi connectivity index (χ1n) is 4.94. The van der Waals surface area contributed by atoms with Crippen LogP contribution in [0.1, 0.15) is 10.4 Å². The number of benzene rings is 1. The minimum absolute atomic E-state index is 0.0422. The Hall–Kier alpha value is -1.62. The number of carbonyl (C=O) groups excluding carboxylic acids is 1. The van der Waals surface area contributed by atoms with Gasteiger partial charge < -0.3 is 9.32 Å². The van der Waals surface area contributed by atoms with Crippen LogP contribution in [0.25, 0.3) is 11.0 Å². The van der Waals surface area contributed by atoms with E-state index in [1.54, 1.807) is 38.4 Å². The van der Waals surface area contributed by atoms with Gasteiger partial charge in [-0.15, -0.1) is 0 Å². The Balaban J connectivity index is 2.70. The van der Waals surface area contributed by atoms with Gasteiger partial charge in [0.15, 0.2) is 0 Å². The maximum atomic E-state index is 11.7. The molecule has 0 aliphatic heterocycles. The van der Waals surface area contributed by atoms with E-state index in [1.165, 1.54) is 4.90 Å². The van der Waals surface area contributed by atoms with Crippen LogP contribution in [0.3, 0.4) is 0 Å². The molecule has 17 heavy (non-hydrogen) atoms. The van der Waals surface area contributed by atoms with Gasteiger partial charge in [0.25, 0.3) is 5.91 Å². The molecule has 88 valence electrons. The molecular formula is C12H10BrNO3. The molecule has 0 spiro atoms. The van der Waals surface area contributed by atoms with Crippen molar-refractivity contribution in [2.45, 2.75) is 0 Å². The Kier molecular flexibility index (Phi) is 3.02. The van der Waals surface area contributed by atoms with Gasteiger partial charge in [0.05, 0.1) is 0 Å².